The van der Waals surface area contributed by atoms with Crippen LogP contribution in [0.5, 0.6) is 0 Å². The van der Waals surface area contributed by atoms with Crippen molar-refractivity contribution in [3.05, 3.63) is 47.1 Å². The van der Waals surface area contributed by atoms with E-state index in [1.165, 1.54) is 12.3 Å². The monoisotopic (exact) mass is 456 g/mol. The first-order valence-corrected chi connectivity index (χ1v) is 11.5. The van der Waals surface area contributed by atoms with E-state index in [-0.39, 0.29) is 16.9 Å². The fourth-order valence-electron chi connectivity index (χ4n) is 4.83. The second-order valence-corrected chi connectivity index (χ2v) is 10.2. The molecule has 4 rings (SSSR count). The number of benzene rings is 1. The largest absolute Gasteiger partial charge is 0.369 e. The summed E-state index contributed by atoms with van der Waals surface area (Å²) < 4.78 is 57.0. The molecule has 162 valence electrons. The van der Waals surface area contributed by atoms with Gasteiger partial charge in [-0.05, 0) is 39.1 Å². The Morgan fingerprint density at radius 1 is 1.30 bits per heavy atom. The van der Waals surface area contributed by atoms with Crippen LogP contribution in [-0.2, 0) is 10.0 Å². The number of rotatable bonds is 5. The molecule has 1 saturated heterocycles. The van der Waals surface area contributed by atoms with Crippen molar-refractivity contribution in [3.63, 3.8) is 0 Å². The van der Waals surface area contributed by atoms with Gasteiger partial charge in [0.2, 0.25) is 0 Å². The third-order valence-corrected chi connectivity index (χ3v) is 7.85. The van der Waals surface area contributed by atoms with E-state index < -0.39 is 31.6 Å². The highest BCUT2D eigenvalue weighted by Gasteiger charge is 2.52. The lowest BCUT2D eigenvalue weighted by Gasteiger charge is -2.54. The molecule has 6 nitrogen and oxygen atoms in total. The molecule has 1 unspecified atom stereocenters. The number of hydrogen-bond acceptors (Lipinski definition) is 5. The summed E-state index contributed by atoms with van der Waals surface area (Å²) in [5, 5.41) is -0.396. The van der Waals surface area contributed by atoms with E-state index in [9.17, 15) is 17.2 Å². The third-order valence-electron chi connectivity index (χ3n) is 6.10. The first-order chi connectivity index (χ1) is 14.1. The normalized spacial score (nSPS) is 20.6. The first-order valence-electron chi connectivity index (χ1n) is 9.67. The van der Waals surface area contributed by atoms with Crippen molar-refractivity contribution in [2.45, 2.75) is 30.2 Å². The zero-order chi connectivity index (χ0) is 21.7. The van der Waals surface area contributed by atoms with Crippen LogP contribution in [0.25, 0.3) is 0 Å². The van der Waals surface area contributed by atoms with Gasteiger partial charge >= 0.3 is 0 Å². The van der Waals surface area contributed by atoms with Gasteiger partial charge in [0.15, 0.2) is 10.7 Å². The van der Waals surface area contributed by atoms with Crippen LogP contribution in [-0.4, -0.2) is 51.5 Å². The maximum Gasteiger partial charge on any atom is 0.268 e. The van der Waals surface area contributed by atoms with Gasteiger partial charge in [-0.15, -0.1) is 0 Å². The second-order valence-electron chi connectivity index (χ2n) is 8.25. The summed E-state index contributed by atoms with van der Waals surface area (Å²) in [6, 6.07) is 5.94. The van der Waals surface area contributed by atoms with Crippen LogP contribution in [0.1, 0.15) is 19.3 Å². The van der Waals surface area contributed by atoms with Crippen LogP contribution < -0.4 is 9.62 Å². The van der Waals surface area contributed by atoms with Gasteiger partial charge in [-0.1, -0.05) is 24.1 Å². The van der Waals surface area contributed by atoms with Crippen molar-refractivity contribution in [1.82, 2.24) is 9.88 Å². The van der Waals surface area contributed by atoms with Crippen molar-refractivity contribution in [2.24, 2.45) is 5.41 Å². The number of sulfonamides is 1. The standard InChI is InChI=1S/C20H23ClF2N4O2S/c1-26(2)15-6-5-8-20(15)11-27(12-20)14-10-13(22)19(18(23)17(14)21)30(28,29)25-16-7-3-4-9-24-16/h3-4,7,9-10,15H,5-6,8,11-12H2,1-2H3,(H,24,25). The molecule has 2 aliphatic rings. The second kappa shape index (κ2) is 7.62. The summed E-state index contributed by atoms with van der Waals surface area (Å²) in [6.45, 7) is 1.26. The molecular formula is C20H23ClF2N4O2S. The van der Waals surface area contributed by atoms with Crippen LogP contribution in [0.15, 0.2) is 35.4 Å². The highest BCUT2D eigenvalue weighted by Crippen LogP contribution is 2.50. The molecule has 10 heteroatoms. The van der Waals surface area contributed by atoms with Crippen molar-refractivity contribution >= 4 is 33.1 Å². The van der Waals surface area contributed by atoms with Crippen LogP contribution in [0, 0.1) is 17.0 Å². The average molecular weight is 457 g/mol. The summed E-state index contributed by atoms with van der Waals surface area (Å²) in [5.74, 6) is -2.53. The van der Waals surface area contributed by atoms with Crippen LogP contribution in [0.2, 0.25) is 5.02 Å². The molecule has 1 aromatic carbocycles. The number of aromatic nitrogens is 1. The van der Waals surface area contributed by atoms with Gasteiger partial charge in [0, 0.05) is 36.8 Å². The molecule has 2 aromatic rings. The van der Waals surface area contributed by atoms with E-state index in [1.807, 2.05) is 19.0 Å². The fraction of sp³-hybridized carbons (Fsp3) is 0.450. The van der Waals surface area contributed by atoms with E-state index in [0.29, 0.717) is 19.1 Å². The number of hydrogen-bond donors (Lipinski definition) is 1. The molecule has 30 heavy (non-hydrogen) atoms. The van der Waals surface area contributed by atoms with E-state index in [0.717, 1.165) is 25.3 Å². The van der Waals surface area contributed by atoms with E-state index >= 15 is 0 Å². The smallest absolute Gasteiger partial charge is 0.268 e. The number of anilines is 2. The van der Waals surface area contributed by atoms with Gasteiger partial charge in [-0.25, -0.2) is 22.2 Å². The topological polar surface area (TPSA) is 65.5 Å². The van der Waals surface area contributed by atoms with Crippen molar-refractivity contribution in [1.29, 1.82) is 0 Å². The van der Waals surface area contributed by atoms with Crippen molar-refractivity contribution in [3.8, 4) is 0 Å². The maximum absolute atomic E-state index is 15.0. The number of nitrogens with zero attached hydrogens (tertiary/aromatic N) is 3. The van der Waals surface area contributed by atoms with Crippen molar-refractivity contribution in [2.75, 3.05) is 36.8 Å². The van der Waals surface area contributed by atoms with Crippen LogP contribution >= 0.6 is 11.6 Å². The molecule has 2 heterocycles. The van der Waals surface area contributed by atoms with Gasteiger partial charge in [-0.3, -0.25) is 4.72 Å². The van der Waals surface area contributed by atoms with Gasteiger partial charge in [0.25, 0.3) is 10.0 Å². The first kappa shape index (κ1) is 21.3. The molecule has 1 aliphatic carbocycles. The predicted octanol–water partition coefficient (Wildman–Crippen LogP) is 3.73. The Kier molecular flexibility index (Phi) is 5.40. The molecule has 1 aliphatic heterocycles. The average Bonchev–Trinajstić information content (AvgIpc) is 3.09. The molecule has 2 fully saturated rings. The Morgan fingerprint density at radius 2 is 2.03 bits per heavy atom. The van der Waals surface area contributed by atoms with Gasteiger partial charge in [-0.2, -0.15) is 0 Å². The SMILES string of the molecule is CN(C)C1CCCC12CN(c1cc(F)c(S(=O)(=O)Nc3ccccn3)c(F)c1Cl)C2. The van der Waals surface area contributed by atoms with E-state index in [4.69, 9.17) is 11.6 Å². The summed E-state index contributed by atoms with van der Waals surface area (Å²) >= 11 is 6.18. The van der Waals surface area contributed by atoms with Crippen LogP contribution in [0.3, 0.4) is 0 Å². The molecule has 0 bridgehead atoms. The van der Waals surface area contributed by atoms with Gasteiger partial charge < -0.3 is 9.80 Å². The molecule has 1 atom stereocenters. The quantitative estimate of drug-likeness (QED) is 0.694. The Morgan fingerprint density at radius 3 is 2.67 bits per heavy atom. The molecule has 1 saturated carbocycles. The van der Waals surface area contributed by atoms with Gasteiger partial charge in [0.05, 0.1) is 5.69 Å². The molecule has 1 N–H and O–H groups in total. The maximum atomic E-state index is 15.0. The van der Waals surface area contributed by atoms with Gasteiger partial charge in [0.1, 0.15) is 16.7 Å². The summed E-state index contributed by atoms with van der Waals surface area (Å²) in [4.78, 5) is 6.73. The lowest BCUT2D eigenvalue weighted by atomic mass is 9.74. The predicted molar refractivity (Wildman–Crippen MR) is 112 cm³/mol. The third kappa shape index (κ3) is 3.52. The number of nitrogens with one attached hydrogen (secondary N) is 1. The minimum atomic E-state index is -4.54. The number of halogens is 3. The molecule has 0 amide bonds. The van der Waals surface area contributed by atoms with Crippen LogP contribution in [0.4, 0.5) is 20.3 Å². The van der Waals surface area contributed by atoms with E-state index in [2.05, 4.69) is 14.6 Å². The summed E-state index contributed by atoms with van der Waals surface area (Å²) in [6.07, 6.45) is 4.62. The molecular weight excluding hydrogens is 434 g/mol. The highest BCUT2D eigenvalue weighted by atomic mass is 35.5. The molecule has 1 spiro atoms. The summed E-state index contributed by atoms with van der Waals surface area (Å²) in [7, 11) is -0.457. The Bertz CT molecular complexity index is 1060. The molecule has 0 radical (unpaired) electrons. The van der Waals surface area contributed by atoms with Crippen molar-refractivity contribution < 1.29 is 17.2 Å². The highest BCUT2D eigenvalue weighted by molar-refractivity contribution is 7.92. The Balaban J connectivity index is 1.62. The Labute approximate surface area is 179 Å². The molecule has 1 aromatic heterocycles. The Hall–Kier alpha value is -1.97. The minimum Gasteiger partial charge on any atom is -0.369 e. The zero-order valence-corrected chi connectivity index (χ0v) is 18.3. The minimum absolute atomic E-state index is 0.0443. The zero-order valence-electron chi connectivity index (χ0n) is 16.7. The fourth-order valence-corrected chi connectivity index (χ4v) is 6.31. The lowest BCUT2D eigenvalue weighted by Crippen LogP contribution is -2.62. The number of pyridine rings is 1. The van der Waals surface area contributed by atoms with E-state index in [1.54, 1.807) is 12.1 Å². The summed E-state index contributed by atoms with van der Waals surface area (Å²) in [5.41, 5.74) is 0.254. The lowest BCUT2D eigenvalue weighted by molar-refractivity contribution is 0.0981.